The van der Waals surface area contributed by atoms with Crippen LogP contribution in [0.4, 0.5) is 0 Å². The summed E-state index contributed by atoms with van der Waals surface area (Å²) in [5.74, 6) is -1.62. The number of carbonyl (C=O) groups is 2. The fourth-order valence-electron chi connectivity index (χ4n) is 7.40. The fourth-order valence-corrected chi connectivity index (χ4v) is 7.40. The van der Waals surface area contributed by atoms with Crippen molar-refractivity contribution in [3.05, 3.63) is 12.2 Å². The molecule has 5 nitrogen and oxygen atoms in total. The number of aliphatic hydroxyl groups is 2. The van der Waals surface area contributed by atoms with Crippen LogP contribution in [0.15, 0.2) is 12.2 Å². The maximum atomic E-state index is 13.1. The third-order valence-corrected chi connectivity index (χ3v) is 8.49. The molecule has 0 aromatic rings. The van der Waals surface area contributed by atoms with Crippen LogP contribution in [0.25, 0.3) is 0 Å². The first-order valence-corrected chi connectivity index (χ1v) is 9.42. The van der Waals surface area contributed by atoms with Crippen molar-refractivity contribution in [2.24, 2.45) is 34.0 Å². The molecule has 0 aromatic heterocycles. The predicted octanol–water partition coefficient (Wildman–Crippen LogP) is 2.16. The lowest BCUT2D eigenvalue weighted by Crippen LogP contribution is -2.67. The predicted molar refractivity (Wildman–Crippen MR) is 90.6 cm³/mol. The van der Waals surface area contributed by atoms with Crippen LogP contribution in [-0.4, -0.2) is 39.3 Å². The van der Waals surface area contributed by atoms with Gasteiger partial charge in [-0.15, -0.1) is 0 Å². The lowest BCUT2D eigenvalue weighted by molar-refractivity contribution is -0.227. The van der Waals surface area contributed by atoms with Crippen molar-refractivity contribution in [3.8, 4) is 0 Å². The van der Waals surface area contributed by atoms with Gasteiger partial charge in [0, 0.05) is 5.92 Å². The first-order valence-electron chi connectivity index (χ1n) is 9.42. The van der Waals surface area contributed by atoms with Gasteiger partial charge in [-0.1, -0.05) is 19.9 Å². The Kier molecular flexibility index (Phi) is 3.41. The topological polar surface area (TPSA) is 94.8 Å². The summed E-state index contributed by atoms with van der Waals surface area (Å²) in [4.78, 5) is 25.2. The van der Waals surface area contributed by atoms with Gasteiger partial charge in [-0.2, -0.15) is 0 Å². The van der Waals surface area contributed by atoms with Crippen molar-refractivity contribution in [1.29, 1.82) is 0 Å². The standard InChI is InChI=1S/C20H28O5/c1-10-11-7-12(21)15-18(2)5-4-6-19(3,17(24)25)13(18)8-14(22)20(15,9-11)16(10)23/h11-15,21-22H,1,4-9H2,2-3H3,(H,24,25)/t11-,12+,13+,14+,15+,18-,19-,20+/m1/s1. The first kappa shape index (κ1) is 17.2. The highest BCUT2D eigenvalue weighted by Crippen LogP contribution is 2.71. The molecule has 1 spiro atoms. The molecule has 25 heavy (non-hydrogen) atoms. The van der Waals surface area contributed by atoms with Crippen molar-refractivity contribution >= 4 is 11.8 Å². The van der Waals surface area contributed by atoms with E-state index in [1.165, 1.54) is 0 Å². The molecule has 138 valence electrons. The third kappa shape index (κ3) is 1.81. The molecule has 4 aliphatic carbocycles. The second kappa shape index (κ2) is 4.95. The summed E-state index contributed by atoms with van der Waals surface area (Å²) >= 11 is 0. The monoisotopic (exact) mass is 348 g/mol. The summed E-state index contributed by atoms with van der Waals surface area (Å²) in [7, 11) is 0. The minimum Gasteiger partial charge on any atom is -0.481 e. The van der Waals surface area contributed by atoms with E-state index >= 15 is 0 Å². The first-order chi connectivity index (χ1) is 11.6. The zero-order valence-electron chi connectivity index (χ0n) is 15.0. The number of fused-ring (bicyclic) bond motifs is 3. The Balaban J connectivity index is 1.88. The Morgan fingerprint density at radius 2 is 1.88 bits per heavy atom. The average Bonchev–Trinajstić information content (AvgIpc) is 2.72. The number of aliphatic carboxylic acids is 1. The van der Waals surface area contributed by atoms with Crippen LogP contribution in [0, 0.1) is 34.0 Å². The van der Waals surface area contributed by atoms with Gasteiger partial charge < -0.3 is 15.3 Å². The van der Waals surface area contributed by atoms with Crippen LogP contribution >= 0.6 is 0 Å². The van der Waals surface area contributed by atoms with E-state index in [-0.39, 0.29) is 17.6 Å². The van der Waals surface area contributed by atoms with Crippen molar-refractivity contribution in [2.45, 2.75) is 64.6 Å². The van der Waals surface area contributed by atoms with Crippen molar-refractivity contribution < 1.29 is 24.9 Å². The van der Waals surface area contributed by atoms with Crippen LogP contribution < -0.4 is 0 Å². The number of rotatable bonds is 1. The molecule has 4 fully saturated rings. The SMILES string of the molecule is C=C1C(=O)[C@]23C[C@H]1C[C@H](O)[C@H]2[C@]1(C)CCC[C@@](C)(C(=O)O)[C@H]1C[C@@H]3O. The molecule has 2 bridgehead atoms. The summed E-state index contributed by atoms with van der Waals surface area (Å²) in [6.07, 6.45) is 1.90. The van der Waals surface area contributed by atoms with Crippen LogP contribution in [-0.2, 0) is 9.59 Å². The molecule has 4 aliphatic rings. The molecule has 0 saturated heterocycles. The minimum atomic E-state index is -0.971. The summed E-state index contributed by atoms with van der Waals surface area (Å²) in [6.45, 7) is 7.77. The molecule has 0 amide bonds. The van der Waals surface area contributed by atoms with Gasteiger partial charge in [0.1, 0.15) is 0 Å². The highest BCUT2D eigenvalue weighted by atomic mass is 16.4. The number of ketones is 1. The Morgan fingerprint density at radius 1 is 1.20 bits per heavy atom. The van der Waals surface area contributed by atoms with Crippen molar-refractivity contribution in [2.75, 3.05) is 0 Å². The van der Waals surface area contributed by atoms with Gasteiger partial charge in [0.2, 0.25) is 0 Å². The zero-order chi connectivity index (χ0) is 18.4. The summed E-state index contributed by atoms with van der Waals surface area (Å²) < 4.78 is 0. The minimum absolute atomic E-state index is 0.0528. The Morgan fingerprint density at radius 3 is 2.52 bits per heavy atom. The molecule has 4 saturated carbocycles. The normalized spacial score (nSPS) is 54.8. The van der Waals surface area contributed by atoms with E-state index in [2.05, 4.69) is 6.58 Å². The maximum Gasteiger partial charge on any atom is 0.309 e. The van der Waals surface area contributed by atoms with Gasteiger partial charge >= 0.3 is 5.97 Å². The van der Waals surface area contributed by atoms with E-state index in [0.29, 0.717) is 31.3 Å². The quantitative estimate of drug-likeness (QED) is 0.631. The lowest BCUT2D eigenvalue weighted by atomic mass is 9.39. The fraction of sp³-hybridized carbons (Fsp3) is 0.800. The van der Waals surface area contributed by atoms with Gasteiger partial charge in [-0.3, -0.25) is 9.59 Å². The Labute approximate surface area is 148 Å². The third-order valence-electron chi connectivity index (χ3n) is 8.49. The van der Waals surface area contributed by atoms with Gasteiger partial charge in [-0.25, -0.2) is 0 Å². The van der Waals surface area contributed by atoms with Gasteiger partial charge in [0.05, 0.1) is 23.0 Å². The maximum absolute atomic E-state index is 13.1. The van der Waals surface area contributed by atoms with E-state index < -0.39 is 40.3 Å². The summed E-state index contributed by atoms with van der Waals surface area (Å²) in [5.41, 5.74) is -1.82. The molecule has 4 rings (SSSR count). The molecule has 0 heterocycles. The number of carboxylic acids is 1. The molecule has 3 N–H and O–H groups in total. The number of allylic oxidation sites excluding steroid dienone is 1. The highest BCUT2D eigenvalue weighted by molar-refractivity contribution is 6.03. The number of Topliss-reactive ketones (excluding diaryl/α,β-unsaturated/α-hetero) is 1. The average molecular weight is 348 g/mol. The number of hydrogen-bond acceptors (Lipinski definition) is 4. The molecule has 5 heteroatoms. The lowest BCUT2D eigenvalue weighted by Gasteiger charge is -2.64. The Bertz CT molecular complexity index is 671. The van der Waals surface area contributed by atoms with E-state index in [1.807, 2.05) is 6.92 Å². The number of hydrogen-bond donors (Lipinski definition) is 3. The largest absolute Gasteiger partial charge is 0.481 e. The summed E-state index contributed by atoms with van der Waals surface area (Å²) in [5, 5.41) is 32.0. The molecule has 0 radical (unpaired) electrons. The molecular formula is C20H28O5. The zero-order valence-corrected chi connectivity index (χ0v) is 15.0. The van der Waals surface area contributed by atoms with Crippen molar-refractivity contribution in [3.63, 3.8) is 0 Å². The van der Waals surface area contributed by atoms with Crippen molar-refractivity contribution in [1.82, 2.24) is 0 Å². The number of carboxylic acid groups (broad SMARTS) is 1. The van der Waals surface area contributed by atoms with Gasteiger partial charge in [-0.05, 0) is 61.9 Å². The second-order valence-electron chi connectivity index (χ2n) is 9.46. The van der Waals surface area contributed by atoms with E-state index in [9.17, 15) is 24.9 Å². The molecular weight excluding hydrogens is 320 g/mol. The number of aliphatic hydroxyl groups excluding tert-OH is 2. The molecule has 0 aromatic carbocycles. The smallest absolute Gasteiger partial charge is 0.309 e. The van der Waals surface area contributed by atoms with Crippen LogP contribution in [0.5, 0.6) is 0 Å². The molecule has 8 atom stereocenters. The van der Waals surface area contributed by atoms with Gasteiger partial charge in [0.15, 0.2) is 5.78 Å². The van der Waals surface area contributed by atoms with Crippen LogP contribution in [0.2, 0.25) is 0 Å². The van der Waals surface area contributed by atoms with Gasteiger partial charge in [0.25, 0.3) is 0 Å². The number of carbonyl (C=O) groups excluding carboxylic acids is 1. The second-order valence-corrected chi connectivity index (χ2v) is 9.46. The molecule has 0 aliphatic heterocycles. The van der Waals surface area contributed by atoms with E-state index in [0.717, 1.165) is 12.8 Å². The Hall–Kier alpha value is -1.20. The van der Waals surface area contributed by atoms with E-state index in [1.54, 1.807) is 6.92 Å². The van der Waals surface area contributed by atoms with Crippen LogP contribution in [0.1, 0.15) is 52.4 Å². The highest BCUT2D eigenvalue weighted by Gasteiger charge is 2.73. The van der Waals surface area contributed by atoms with E-state index in [4.69, 9.17) is 0 Å². The van der Waals surface area contributed by atoms with Crippen LogP contribution in [0.3, 0.4) is 0 Å². The molecule has 0 unspecified atom stereocenters. The summed E-state index contributed by atoms with van der Waals surface area (Å²) in [6, 6.07) is 0.